The molecule has 6 nitrogen and oxygen atoms in total. The molecule has 0 amide bonds. The van der Waals surface area contributed by atoms with Gasteiger partial charge in [0.15, 0.2) is 5.11 Å². The number of ether oxygens (including phenoxy) is 1. The van der Waals surface area contributed by atoms with Gasteiger partial charge in [-0.15, -0.1) is 0 Å². The zero-order chi connectivity index (χ0) is 19.9. The fourth-order valence-electron chi connectivity index (χ4n) is 3.13. The molecule has 1 aliphatic rings. The molecule has 2 heterocycles. The van der Waals surface area contributed by atoms with Gasteiger partial charge in [0.05, 0.1) is 0 Å². The fraction of sp³-hybridized carbons (Fsp3) is 0.476. The predicted octanol–water partition coefficient (Wildman–Crippen LogP) is 4.45. The molecule has 3 rings (SSSR count). The first-order valence-corrected chi connectivity index (χ1v) is 10.3. The van der Waals surface area contributed by atoms with Crippen molar-refractivity contribution in [3.8, 4) is 11.6 Å². The van der Waals surface area contributed by atoms with Crippen LogP contribution >= 0.6 is 12.2 Å². The number of nitrogens with zero attached hydrogens (tertiary/aromatic N) is 3. The molecule has 150 valence electrons. The number of hydrogen-bond acceptors (Lipinski definition) is 5. The van der Waals surface area contributed by atoms with Gasteiger partial charge >= 0.3 is 0 Å². The first kappa shape index (κ1) is 20.3. The SMILES string of the molecule is CC(C)CNC(=S)Nc1nc(Oc2ccccc2)cc(N2CCCC(C)C2)n1. The molecule has 0 radical (unpaired) electrons. The van der Waals surface area contributed by atoms with Crippen LogP contribution in [0.15, 0.2) is 36.4 Å². The van der Waals surface area contributed by atoms with Gasteiger partial charge < -0.3 is 20.3 Å². The first-order chi connectivity index (χ1) is 13.5. The van der Waals surface area contributed by atoms with E-state index in [2.05, 4.69) is 41.3 Å². The van der Waals surface area contributed by atoms with E-state index in [1.165, 1.54) is 6.42 Å². The van der Waals surface area contributed by atoms with Crippen molar-refractivity contribution in [2.45, 2.75) is 33.6 Å². The molecule has 0 spiro atoms. The normalized spacial score (nSPS) is 16.7. The maximum Gasteiger partial charge on any atom is 0.234 e. The van der Waals surface area contributed by atoms with E-state index in [0.717, 1.165) is 37.6 Å². The van der Waals surface area contributed by atoms with E-state index in [1.807, 2.05) is 36.4 Å². The van der Waals surface area contributed by atoms with Crippen molar-refractivity contribution in [3.63, 3.8) is 0 Å². The summed E-state index contributed by atoms with van der Waals surface area (Å²) in [5, 5.41) is 6.81. The van der Waals surface area contributed by atoms with Crippen molar-refractivity contribution >= 4 is 29.1 Å². The summed E-state index contributed by atoms with van der Waals surface area (Å²) in [7, 11) is 0. The maximum absolute atomic E-state index is 5.98. The Hall–Kier alpha value is -2.41. The number of benzene rings is 1. The zero-order valence-electron chi connectivity index (χ0n) is 16.8. The Balaban J connectivity index is 1.81. The molecule has 2 N–H and O–H groups in total. The largest absolute Gasteiger partial charge is 0.439 e. The van der Waals surface area contributed by atoms with E-state index >= 15 is 0 Å². The summed E-state index contributed by atoms with van der Waals surface area (Å²) in [5.74, 6) is 3.70. The Labute approximate surface area is 172 Å². The van der Waals surface area contributed by atoms with Gasteiger partial charge in [-0.05, 0) is 49.0 Å². The van der Waals surface area contributed by atoms with Crippen molar-refractivity contribution in [3.05, 3.63) is 36.4 Å². The lowest BCUT2D eigenvalue weighted by Crippen LogP contribution is -2.35. The third-order valence-corrected chi connectivity index (χ3v) is 4.78. The summed E-state index contributed by atoms with van der Waals surface area (Å²) in [6, 6.07) is 11.6. The second-order valence-corrected chi connectivity index (χ2v) is 8.13. The van der Waals surface area contributed by atoms with Crippen molar-refractivity contribution in [1.82, 2.24) is 15.3 Å². The van der Waals surface area contributed by atoms with Crippen molar-refractivity contribution in [2.75, 3.05) is 29.9 Å². The number of piperidine rings is 1. The van der Waals surface area contributed by atoms with E-state index in [4.69, 9.17) is 21.9 Å². The summed E-state index contributed by atoms with van der Waals surface area (Å²) in [5.41, 5.74) is 0. The Morgan fingerprint density at radius 1 is 1.29 bits per heavy atom. The lowest BCUT2D eigenvalue weighted by atomic mass is 10.0. The van der Waals surface area contributed by atoms with Gasteiger partial charge in [0.2, 0.25) is 11.8 Å². The molecule has 0 bridgehead atoms. The number of aromatic nitrogens is 2. The van der Waals surface area contributed by atoms with Crippen LogP contribution in [0, 0.1) is 11.8 Å². The fourth-order valence-corrected chi connectivity index (χ4v) is 3.31. The summed E-state index contributed by atoms with van der Waals surface area (Å²) >= 11 is 5.39. The van der Waals surface area contributed by atoms with Gasteiger partial charge in [-0.3, -0.25) is 0 Å². The maximum atomic E-state index is 5.98. The van der Waals surface area contributed by atoms with Gasteiger partial charge in [-0.1, -0.05) is 39.0 Å². The molecule has 0 aliphatic carbocycles. The quantitative estimate of drug-likeness (QED) is 0.696. The van der Waals surface area contributed by atoms with E-state index in [0.29, 0.717) is 28.8 Å². The van der Waals surface area contributed by atoms with E-state index < -0.39 is 0 Å². The van der Waals surface area contributed by atoms with Gasteiger partial charge in [-0.25, -0.2) is 0 Å². The molecule has 1 atom stereocenters. The minimum atomic E-state index is 0.447. The molecule has 0 saturated carbocycles. The standard InChI is InChI=1S/C21H29N5OS/c1-15(2)13-22-21(28)25-20-23-18(26-11-7-8-16(3)14-26)12-19(24-20)27-17-9-5-4-6-10-17/h4-6,9-10,12,15-16H,7-8,11,13-14H2,1-3H3,(H2,22,23,24,25,28). The van der Waals surface area contributed by atoms with E-state index in [9.17, 15) is 0 Å². The second-order valence-electron chi connectivity index (χ2n) is 7.73. The highest BCUT2D eigenvalue weighted by molar-refractivity contribution is 7.80. The molecule has 1 aliphatic heterocycles. The lowest BCUT2D eigenvalue weighted by molar-refractivity contribution is 0.440. The highest BCUT2D eigenvalue weighted by Crippen LogP contribution is 2.27. The smallest absolute Gasteiger partial charge is 0.234 e. The number of thiocarbonyl (C=S) groups is 1. The van der Waals surface area contributed by atoms with Crippen LogP contribution in [0.25, 0.3) is 0 Å². The van der Waals surface area contributed by atoms with Crippen LogP contribution in [-0.4, -0.2) is 34.7 Å². The highest BCUT2D eigenvalue weighted by Gasteiger charge is 2.20. The molecule has 2 aromatic rings. The van der Waals surface area contributed by atoms with Crippen LogP contribution < -0.4 is 20.3 Å². The lowest BCUT2D eigenvalue weighted by Gasteiger charge is -2.32. The van der Waals surface area contributed by atoms with Gasteiger partial charge in [0, 0.05) is 25.7 Å². The minimum absolute atomic E-state index is 0.447. The second kappa shape index (κ2) is 9.68. The summed E-state index contributed by atoms with van der Waals surface area (Å²) in [6.45, 7) is 9.31. The van der Waals surface area contributed by atoms with Crippen LogP contribution in [0.2, 0.25) is 0 Å². The molecular weight excluding hydrogens is 370 g/mol. The van der Waals surface area contributed by atoms with E-state index in [1.54, 1.807) is 0 Å². The first-order valence-electron chi connectivity index (χ1n) is 9.91. The van der Waals surface area contributed by atoms with Crippen molar-refractivity contribution in [2.24, 2.45) is 11.8 Å². The zero-order valence-corrected chi connectivity index (χ0v) is 17.6. The number of para-hydroxylation sites is 1. The van der Waals surface area contributed by atoms with Crippen LogP contribution in [0.4, 0.5) is 11.8 Å². The molecule has 28 heavy (non-hydrogen) atoms. The summed E-state index contributed by atoms with van der Waals surface area (Å²) in [6.07, 6.45) is 2.42. The molecule has 1 fully saturated rings. The minimum Gasteiger partial charge on any atom is -0.439 e. The number of nitrogens with one attached hydrogen (secondary N) is 2. The Bertz CT molecular complexity index is 784. The molecular formula is C21H29N5OS. The molecule has 7 heteroatoms. The van der Waals surface area contributed by atoms with Crippen LogP contribution in [0.3, 0.4) is 0 Å². The topological polar surface area (TPSA) is 62.3 Å². The van der Waals surface area contributed by atoms with Crippen molar-refractivity contribution in [1.29, 1.82) is 0 Å². The Morgan fingerprint density at radius 3 is 2.79 bits per heavy atom. The summed E-state index contributed by atoms with van der Waals surface area (Å²) in [4.78, 5) is 11.5. The number of anilines is 2. The molecule has 1 aromatic heterocycles. The third-order valence-electron chi connectivity index (χ3n) is 4.53. The molecule has 1 unspecified atom stereocenters. The van der Waals surface area contributed by atoms with Crippen LogP contribution in [-0.2, 0) is 0 Å². The third kappa shape index (κ3) is 6.05. The average molecular weight is 400 g/mol. The Kier molecular flexibility index (Phi) is 7.03. The molecule has 1 saturated heterocycles. The highest BCUT2D eigenvalue weighted by atomic mass is 32.1. The number of hydrogen-bond donors (Lipinski definition) is 2. The predicted molar refractivity (Wildman–Crippen MR) is 118 cm³/mol. The molecule has 1 aromatic carbocycles. The van der Waals surface area contributed by atoms with Crippen LogP contribution in [0.1, 0.15) is 33.6 Å². The number of rotatable bonds is 6. The van der Waals surface area contributed by atoms with E-state index in [-0.39, 0.29) is 0 Å². The van der Waals surface area contributed by atoms with Gasteiger partial charge in [0.1, 0.15) is 11.6 Å². The van der Waals surface area contributed by atoms with Gasteiger partial charge in [-0.2, -0.15) is 9.97 Å². The average Bonchev–Trinajstić information content (AvgIpc) is 2.67. The summed E-state index contributed by atoms with van der Waals surface area (Å²) < 4.78 is 5.98. The monoisotopic (exact) mass is 399 g/mol. The van der Waals surface area contributed by atoms with Crippen molar-refractivity contribution < 1.29 is 4.74 Å². The van der Waals surface area contributed by atoms with Crippen LogP contribution in [0.5, 0.6) is 11.6 Å². The Morgan fingerprint density at radius 2 is 2.07 bits per heavy atom. The van der Waals surface area contributed by atoms with Gasteiger partial charge in [0.25, 0.3) is 0 Å².